The summed E-state index contributed by atoms with van der Waals surface area (Å²) >= 11 is 5.64. The summed E-state index contributed by atoms with van der Waals surface area (Å²) < 4.78 is 0. The van der Waals surface area contributed by atoms with Crippen LogP contribution in [-0.4, -0.2) is 118 Å². The summed E-state index contributed by atoms with van der Waals surface area (Å²) in [6.07, 6.45) is 3.56. The topological polar surface area (TPSA) is 220 Å². The van der Waals surface area contributed by atoms with Crippen LogP contribution in [-0.2, 0) is 28.8 Å². The van der Waals surface area contributed by atoms with E-state index in [0.29, 0.717) is 25.0 Å². The molecule has 1 aliphatic rings. The van der Waals surface area contributed by atoms with E-state index in [1.807, 2.05) is 34.0 Å². The fourth-order valence-corrected chi connectivity index (χ4v) is 5.49. The molecule has 1 rings (SSSR count). The van der Waals surface area contributed by atoms with Crippen molar-refractivity contribution in [3.8, 4) is 0 Å². The van der Waals surface area contributed by atoms with Gasteiger partial charge in [-0.2, -0.15) is 24.4 Å². The van der Waals surface area contributed by atoms with Crippen LogP contribution in [0.25, 0.3) is 0 Å². The number of thioether (sulfide) groups is 1. The first-order valence-corrected chi connectivity index (χ1v) is 16.9. The Morgan fingerprint density at radius 2 is 1.43 bits per heavy atom. The first-order chi connectivity index (χ1) is 20.7. The van der Waals surface area contributed by atoms with Gasteiger partial charge in [-0.1, -0.05) is 27.7 Å². The number of rotatable bonds is 19. The number of nitrogens with two attached hydrogens (primary N) is 1. The molecule has 0 aliphatic carbocycles. The van der Waals surface area contributed by atoms with E-state index in [9.17, 15) is 39.0 Å². The largest absolute Gasteiger partial charge is 0.480 e. The van der Waals surface area contributed by atoms with Crippen LogP contribution in [0.1, 0.15) is 59.8 Å². The highest BCUT2D eigenvalue weighted by Crippen LogP contribution is 2.21. The van der Waals surface area contributed by atoms with E-state index in [-0.39, 0.29) is 37.0 Å². The average Bonchev–Trinajstić information content (AvgIpc) is 3.45. The molecular formula is C28H50N6O8S2. The molecule has 0 aromatic carbocycles. The zero-order valence-electron chi connectivity index (χ0n) is 26.2. The van der Waals surface area contributed by atoms with Crippen LogP contribution in [0.2, 0.25) is 0 Å². The minimum atomic E-state index is -1.44. The zero-order chi connectivity index (χ0) is 33.6. The third-order valence-corrected chi connectivity index (χ3v) is 8.09. The van der Waals surface area contributed by atoms with Gasteiger partial charge in [-0.3, -0.25) is 24.0 Å². The predicted octanol–water partition coefficient (Wildman–Crippen LogP) is -0.904. The molecule has 5 amide bonds. The fourth-order valence-electron chi connectivity index (χ4n) is 4.74. The predicted molar refractivity (Wildman–Crippen MR) is 171 cm³/mol. The molecule has 0 aromatic heterocycles. The van der Waals surface area contributed by atoms with Gasteiger partial charge >= 0.3 is 5.97 Å². The second-order valence-corrected chi connectivity index (χ2v) is 13.1. The Morgan fingerprint density at radius 3 is 1.95 bits per heavy atom. The van der Waals surface area contributed by atoms with Crippen molar-refractivity contribution in [2.45, 2.75) is 96.1 Å². The lowest BCUT2D eigenvalue weighted by atomic mass is 10.0. The average molecular weight is 663 g/mol. The van der Waals surface area contributed by atoms with E-state index in [0.717, 1.165) is 0 Å². The lowest BCUT2D eigenvalue weighted by molar-refractivity contribution is -0.145. The van der Waals surface area contributed by atoms with Crippen molar-refractivity contribution in [2.75, 3.05) is 30.9 Å². The van der Waals surface area contributed by atoms with E-state index in [1.165, 1.54) is 16.7 Å². The van der Waals surface area contributed by atoms with Crippen molar-refractivity contribution in [3.05, 3.63) is 0 Å². The zero-order valence-corrected chi connectivity index (χ0v) is 27.9. The van der Waals surface area contributed by atoms with Gasteiger partial charge in [0.05, 0.1) is 12.6 Å². The number of aliphatic hydroxyl groups is 1. The summed E-state index contributed by atoms with van der Waals surface area (Å²) in [5.74, 6) is -3.89. The summed E-state index contributed by atoms with van der Waals surface area (Å²) in [6, 6.07) is -6.49. The Kier molecular flexibility index (Phi) is 17.7. The number of carboxylic acids is 1. The standard InChI is InChI=1S/C28H50N6O8S2/c1-15(2)11-18(27(40)34-9-6-7-22(34)26(39)31-19(28(41)42)12-16(3)4)30-24(37)20(13-35)32-25(38)21(14-43)33-23(36)17(29)8-10-44-5/h15-22,35,43H,6-14,29H2,1-5H3,(H,30,37)(H,31,39)(H,32,38)(H,33,36)(H,41,42)/t17-,18-,19-,20-,21-,22-/m0/s1. The lowest BCUT2D eigenvalue weighted by Gasteiger charge is -2.31. The number of likely N-dealkylation sites (tertiary alicyclic amines) is 1. The molecule has 44 heavy (non-hydrogen) atoms. The molecule has 1 saturated heterocycles. The van der Waals surface area contributed by atoms with Crippen molar-refractivity contribution in [1.29, 1.82) is 0 Å². The number of carbonyl (C=O) groups excluding carboxylic acids is 5. The van der Waals surface area contributed by atoms with Crippen molar-refractivity contribution in [2.24, 2.45) is 17.6 Å². The van der Waals surface area contributed by atoms with Crippen molar-refractivity contribution in [3.63, 3.8) is 0 Å². The number of carbonyl (C=O) groups is 6. The number of thiol groups is 1. The summed E-state index contributed by atoms with van der Waals surface area (Å²) in [5.41, 5.74) is 5.87. The molecule has 252 valence electrons. The van der Waals surface area contributed by atoms with Gasteiger partial charge in [0.2, 0.25) is 29.5 Å². The first kappa shape index (κ1) is 39.5. The van der Waals surface area contributed by atoms with Crippen LogP contribution in [0.4, 0.5) is 0 Å². The highest BCUT2D eigenvalue weighted by atomic mass is 32.2. The number of aliphatic carboxylic acids is 1. The second kappa shape index (κ2) is 19.7. The van der Waals surface area contributed by atoms with Gasteiger partial charge in [0, 0.05) is 12.3 Å². The van der Waals surface area contributed by atoms with Gasteiger partial charge in [0.15, 0.2) is 0 Å². The molecule has 6 atom stereocenters. The monoisotopic (exact) mass is 662 g/mol. The Balaban J connectivity index is 3.00. The van der Waals surface area contributed by atoms with Gasteiger partial charge in [0.25, 0.3) is 0 Å². The van der Waals surface area contributed by atoms with Crippen molar-refractivity contribution >= 4 is 59.9 Å². The minimum absolute atomic E-state index is 0.0187. The highest BCUT2D eigenvalue weighted by Gasteiger charge is 2.40. The van der Waals surface area contributed by atoms with E-state index < -0.39 is 78.4 Å². The van der Waals surface area contributed by atoms with E-state index >= 15 is 0 Å². The normalized spacial score (nSPS) is 18.2. The van der Waals surface area contributed by atoms with Gasteiger partial charge in [-0.25, -0.2) is 4.79 Å². The molecule has 1 aliphatic heterocycles. The van der Waals surface area contributed by atoms with E-state index in [4.69, 9.17) is 5.73 Å². The number of amides is 5. The van der Waals surface area contributed by atoms with Gasteiger partial charge in [-0.05, 0) is 55.9 Å². The maximum absolute atomic E-state index is 13.7. The molecule has 0 spiro atoms. The molecule has 1 heterocycles. The SMILES string of the molecule is CSCC[C@H](N)C(=O)N[C@@H](CS)C(=O)N[C@@H](CO)C(=O)N[C@@H](CC(C)C)C(=O)N1CCC[C@H]1C(=O)N[C@@H](CC(C)C)C(=O)O. The minimum Gasteiger partial charge on any atom is -0.480 e. The molecule has 14 nitrogen and oxygen atoms in total. The highest BCUT2D eigenvalue weighted by molar-refractivity contribution is 7.98. The summed E-state index contributed by atoms with van der Waals surface area (Å²) in [5, 5.41) is 29.5. The molecule has 8 N–H and O–H groups in total. The van der Waals surface area contributed by atoms with Crippen molar-refractivity contribution < 1.29 is 39.0 Å². The number of nitrogens with zero attached hydrogens (tertiary/aromatic N) is 1. The molecule has 0 unspecified atom stereocenters. The fraction of sp³-hybridized carbons (Fsp3) is 0.786. The third-order valence-electron chi connectivity index (χ3n) is 7.08. The molecule has 0 aromatic rings. The van der Waals surface area contributed by atoms with Crippen LogP contribution in [0.3, 0.4) is 0 Å². The van der Waals surface area contributed by atoms with Gasteiger partial charge in [-0.15, -0.1) is 0 Å². The lowest BCUT2D eigenvalue weighted by Crippen LogP contribution is -2.60. The van der Waals surface area contributed by atoms with Crippen LogP contribution in [0.15, 0.2) is 0 Å². The molecule has 16 heteroatoms. The molecule has 0 saturated carbocycles. The van der Waals surface area contributed by atoms with Crippen LogP contribution < -0.4 is 27.0 Å². The van der Waals surface area contributed by atoms with E-state index in [2.05, 4.69) is 33.9 Å². The molecular weight excluding hydrogens is 612 g/mol. The molecule has 1 fully saturated rings. The number of carboxylic acid groups (broad SMARTS) is 1. The van der Waals surface area contributed by atoms with Crippen molar-refractivity contribution in [1.82, 2.24) is 26.2 Å². The smallest absolute Gasteiger partial charge is 0.326 e. The number of aliphatic hydroxyl groups excluding tert-OH is 1. The maximum Gasteiger partial charge on any atom is 0.326 e. The quantitative estimate of drug-likeness (QED) is 0.0797. The van der Waals surface area contributed by atoms with E-state index in [1.54, 1.807) is 0 Å². The maximum atomic E-state index is 13.7. The Hall–Kier alpha value is -2.56. The molecule has 0 bridgehead atoms. The Morgan fingerprint density at radius 1 is 0.886 bits per heavy atom. The van der Waals surface area contributed by atoms with Gasteiger partial charge in [0.1, 0.15) is 30.2 Å². The summed E-state index contributed by atoms with van der Waals surface area (Å²) in [7, 11) is 0. The number of hydrogen-bond donors (Lipinski definition) is 8. The summed E-state index contributed by atoms with van der Waals surface area (Å²) in [4.78, 5) is 78.2. The van der Waals surface area contributed by atoms with Crippen LogP contribution in [0, 0.1) is 11.8 Å². The van der Waals surface area contributed by atoms with Crippen LogP contribution >= 0.6 is 24.4 Å². The Labute approximate surface area is 269 Å². The van der Waals surface area contributed by atoms with Gasteiger partial charge < -0.3 is 42.1 Å². The first-order valence-electron chi connectivity index (χ1n) is 14.9. The number of nitrogens with one attached hydrogen (secondary N) is 4. The third kappa shape index (κ3) is 12.8. The molecule has 0 radical (unpaired) electrons. The number of hydrogen-bond acceptors (Lipinski definition) is 10. The van der Waals surface area contributed by atoms with Crippen LogP contribution in [0.5, 0.6) is 0 Å². The second-order valence-electron chi connectivity index (χ2n) is 11.8. The summed E-state index contributed by atoms with van der Waals surface area (Å²) in [6.45, 7) is 6.82. The Bertz CT molecular complexity index is 1000.